The molecule has 3 rings (SSSR count). The van der Waals surface area contributed by atoms with Gasteiger partial charge in [-0.1, -0.05) is 30.3 Å². The van der Waals surface area contributed by atoms with Crippen molar-refractivity contribution in [1.29, 1.82) is 0 Å². The predicted octanol–water partition coefficient (Wildman–Crippen LogP) is 3.03. The zero-order valence-electron chi connectivity index (χ0n) is 14.7. The van der Waals surface area contributed by atoms with Crippen molar-refractivity contribution in [2.24, 2.45) is 5.73 Å². The SMILES string of the molecule is NC(=O)NC(=O)[C@@H](Nc1ccc(N2CCCCC2)cc1)c1ccccc1. The van der Waals surface area contributed by atoms with Crippen LogP contribution < -0.4 is 21.3 Å². The van der Waals surface area contributed by atoms with E-state index < -0.39 is 18.0 Å². The molecule has 0 aliphatic carbocycles. The van der Waals surface area contributed by atoms with Gasteiger partial charge in [0.25, 0.3) is 5.91 Å². The van der Waals surface area contributed by atoms with Crippen LogP contribution in [0.15, 0.2) is 54.6 Å². The normalized spacial score (nSPS) is 15.2. The Morgan fingerprint density at radius 3 is 2.19 bits per heavy atom. The van der Waals surface area contributed by atoms with E-state index in [-0.39, 0.29) is 0 Å². The summed E-state index contributed by atoms with van der Waals surface area (Å²) >= 11 is 0. The van der Waals surface area contributed by atoms with E-state index in [1.54, 1.807) is 0 Å². The van der Waals surface area contributed by atoms with Crippen molar-refractivity contribution in [3.63, 3.8) is 0 Å². The fourth-order valence-electron chi connectivity index (χ4n) is 3.23. The highest BCUT2D eigenvalue weighted by molar-refractivity contribution is 5.98. The molecule has 2 aromatic carbocycles. The number of nitrogens with zero attached hydrogens (tertiary/aromatic N) is 1. The van der Waals surface area contributed by atoms with Crippen molar-refractivity contribution in [3.05, 3.63) is 60.2 Å². The van der Waals surface area contributed by atoms with Gasteiger partial charge in [0, 0.05) is 24.5 Å². The molecule has 3 amide bonds. The number of carbonyl (C=O) groups is 2. The summed E-state index contributed by atoms with van der Waals surface area (Å²) in [6.45, 7) is 2.17. The lowest BCUT2D eigenvalue weighted by atomic mass is 10.1. The van der Waals surface area contributed by atoms with E-state index in [0.29, 0.717) is 0 Å². The second-order valence-corrected chi connectivity index (χ2v) is 6.44. The average Bonchev–Trinajstić information content (AvgIpc) is 2.67. The summed E-state index contributed by atoms with van der Waals surface area (Å²) in [6, 6.07) is 15.7. The van der Waals surface area contributed by atoms with Gasteiger partial charge in [0.2, 0.25) is 0 Å². The van der Waals surface area contributed by atoms with Gasteiger partial charge >= 0.3 is 6.03 Å². The van der Waals surface area contributed by atoms with E-state index in [1.807, 2.05) is 42.5 Å². The molecule has 26 heavy (non-hydrogen) atoms. The molecule has 6 nitrogen and oxygen atoms in total. The van der Waals surface area contributed by atoms with Crippen LogP contribution in [0.2, 0.25) is 0 Å². The van der Waals surface area contributed by atoms with Crippen LogP contribution in [-0.4, -0.2) is 25.0 Å². The van der Waals surface area contributed by atoms with Gasteiger partial charge in [-0.05, 0) is 49.1 Å². The number of primary amides is 1. The van der Waals surface area contributed by atoms with Gasteiger partial charge in [-0.15, -0.1) is 0 Å². The van der Waals surface area contributed by atoms with E-state index in [4.69, 9.17) is 5.73 Å². The lowest BCUT2D eigenvalue weighted by Crippen LogP contribution is -2.40. The molecule has 1 heterocycles. The molecule has 0 unspecified atom stereocenters. The average molecular weight is 352 g/mol. The summed E-state index contributed by atoms with van der Waals surface area (Å²) in [7, 11) is 0. The second kappa shape index (κ2) is 8.38. The highest BCUT2D eigenvalue weighted by atomic mass is 16.2. The lowest BCUT2D eigenvalue weighted by Gasteiger charge is -2.29. The van der Waals surface area contributed by atoms with Crippen molar-refractivity contribution >= 4 is 23.3 Å². The number of carbonyl (C=O) groups excluding carboxylic acids is 2. The number of nitrogens with two attached hydrogens (primary N) is 1. The Labute approximate surface area is 153 Å². The maximum atomic E-state index is 12.4. The van der Waals surface area contributed by atoms with Crippen LogP contribution in [0.4, 0.5) is 16.2 Å². The fourth-order valence-corrected chi connectivity index (χ4v) is 3.23. The molecule has 1 fully saturated rings. The number of urea groups is 1. The Morgan fingerprint density at radius 1 is 0.923 bits per heavy atom. The Morgan fingerprint density at radius 2 is 1.58 bits per heavy atom. The molecule has 2 aromatic rings. The van der Waals surface area contributed by atoms with Crippen LogP contribution in [0.3, 0.4) is 0 Å². The maximum absolute atomic E-state index is 12.4. The van der Waals surface area contributed by atoms with E-state index >= 15 is 0 Å². The highest BCUT2D eigenvalue weighted by Crippen LogP contribution is 2.24. The first-order chi connectivity index (χ1) is 12.6. The van der Waals surface area contributed by atoms with Gasteiger partial charge in [-0.2, -0.15) is 0 Å². The number of hydrogen-bond acceptors (Lipinski definition) is 4. The molecular weight excluding hydrogens is 328 g/mol. The largest absolute Gasteiger partial charge is 0.372 e. The van der Waals surface area contributed by atoms with E-state index in [0.717, 1.165) is 24.3 Å². The molecule has 0 radical (unpaired) electrons. The summed E-state index contributed by atoms with van der Waals surface area (Å²) in [5, 5.41) is 5.35. The zero-order valence-corrected chi connectivity index (χ0v) is 14.7. The number of anilines is 2. The fraction of sp³-hybridized carbons (Fsp3) is 0.300. The number of rotatable bonds is 5. The summed E-state index contributed by atoms with van der Waals surface area (Å²) in [6.07, 6.45) is 3.75. The number of nitrogens with one attached hydrogen (secondary N) is 2. The predicted molar refractivity (Wildman–Crippen MR) is 103 cm³/mol. The molecule has 6 heteroatoms. The van der Waals surface area contributed by atoms with E-state index in [1.165, 1.54) is 24.9 Å². The van der Waals surface area contributed by atoms with Gasteiger partial charge in [-0.3, -0.25) is 10.1 Å². The first kappa shape index (κ1) is 17.8. The van der Waals surface area contributed by atoms with Gasteiger partial charge in [0.15, 0.2) is 0 Å². The Hall–Kier alpha value is -3.02. The summed E-state index contributed by atoms with van der Waals surface area (Å²) in [5.74, 6) is -0.483. The molecule has 0 bridgehead atoms. The molecule has 1 aliphatic heterocycles. The van der Waals surface area contributed by atoms with E-state index in [2.05, 4.69) is 27.7 Å². The zero-order chi connectivity index (χ0) is 18.4. The van der Waals surface area contributed by atoms with Crippen molar-refractivity contribution in [2.45, 2.75) is 25.3 Å². The van der Waals surface area contributed by atoms with Crippen molar-refractivity contribution in [3.8, 4) is 0 Å². The monoisotopic (exact) mass is 352 g/mol. The van der Waals surface area contributed by atoms with Crippen LogP contribution in [0.1, 0.15) is 30.9 Å². The molecule has 4 N–H and O–H groups in total. The maximum Gasteiger partial charge on any atom is 0.318 e. The highest BCUT2D eigenvalue weighted by Gasteiger charge is 2.21. The third-order valence-electron chi connectivity index (χ3n) is 4.54. The standard InChI is InChI=1S/C20H24N4O2/c21-20(26)23-19(25)18(15-7-3-1-4-8-15)22-16-9-11-17(12-10-16)24-13-5-2-6-14-24/h1,3-4,7-12,18,22H,2,5-6,13-14H2,(H3,21,23,25,26)/t18-/m0/s1. The van der Waals surface area contributed by atoms with Crippen LogP contribution in [0.5, 0.6) is 0 Å². The Kier molecular flexibility index (Phi) is 5.73. The summed E-state index contributed by atoms with van der Waals surface area (Å²) in [5.41, 5.74) is 7.85. The van der Waals surface area contributed by atoms with Crippen LogP contribution in [0.25, 0.3) is 0 Å². The Bertz CT molecular complexity index is 740. The molecule has 0 aromatic heterocycles. The number of piperidine rings is 1. The number of imide groups is 1. The van der Waals surface area contributed by atoms with Crippen molar-refractivity contribution < 1.29 is 9.59 Å². The van der Waals surface area contributed by atoms with Crippen LogP contribution in [-0.2, 0) is 4.79 Å². The quantitative estimate of drug-likeness (QED) is 0.772. The summed E-state index contributed by atoms with van der Waals surface area (Å²) in [4.78, 5) is 25.8. The molecule has 0 saturated carbocycles. The molecule has 1 saturated heterocycles. The van der Waals surface area contributed by atoms with Gasteiger partial charge in [0.1, 0.15) is 6.04 Å². The number of hydrogen-bond donors (Lipinski definition) is 3. The molecular formula is C20H24N4O2. The molecule has 136 valence electrons. The smallest absolute Gasteiger partial charge is 0.318 e. The number of benzene rings is 2. The number of amides is 3. The van der Waals surface area contributed by atoms with Crippen molar-refractivity contribution in [2.75, 3.05) is 23.3 Å². The van der Waals surface area contributed by atoms with Crippen LogP contribution in [0, 0.1) is 0 Å². The summed E-state index contributed by atoms with van der Waals surface area (Å²) < 4.78 is 0. The third kappa shape index (κ3) is 4.53. The topological polar surface area (TPSA) is 87.5 Å². The van der Waals surface area contributed by atoms with Gasteiger partial charge < -0.3 is 16.0 Å². The van der Waals surface area contributed by atoms with Crippen molar-refractivity contribution in [1.82, 2.24) is 5.32 Å². The van der Waals surface area contributed by atoms with Gasteiger partial charge in [-0.25, -0.2) is 4.79 Å². The lowest BCUT2D eigenvalue weighted by molar-refractivity contribution is -0.120. The third-order valence-corrected chi connectivity index (χ3v) is 4.54. The first-order valence-corrected chi connectivity index (χ1v) is 8.90. The first-order valence-electron chi connectivity index (χ1n) is 8.90. The Balaban J connectivity index is 1.75. The minimum atomic E-state index is -0.863. The van der Waals surface area contributed by atoms with E-state index in [9.17, 15) is 9.59 Å². The second-order valence-electron chi connectivity index (χ2n) is 6.44. The minimum absolute atomic E-state index is 0.483. The minimum Gasteiger partial charge on any atom is -0.372 e. The van der Waals surface area contributed by atoms with Crippen LogP contribution >= 0.6 is 0 Å². The molecule has 1 atom stereocenters. The molecule has 0 spiro atoms. The molecule has 1 aliphatic rings. The van der Waals surface area contributed by atoms with Gasteiger partial charge in [0.05, 0.1) is 0 Å².